The van der Waals surface area contributed by atoms with Crippen molar-refractivity contribution in [3.63, 3.8) is 0 Å². The summed E-state index contributed by atoms with van der Waals surface area (Å²) in [6.45, 7) is 6.66. The molecule has 67 heavy (non-hydrogen) atoms. The number of esters is 3. The average Bonchev–Trinajstić information content (AvgIpc) is 3.33. The van der Waals surface area contributed by atoms with E-state index in [0.29, 0.717) is 19.3 Å². The number of hydrogen-bond acceptors (Lipinski definition) is 6. The first-order chi connectivity index (χ1) is 33.0. The first-order valence-corrected chi connectivity index (χ1v) is 29.8. The molecule has 0 radical (unpaired) electrons. The molecule has 0 saturated heterocycles. The Morgan fingerprint density at radius 3 is 0.746 bits per heavy atom. The van der Waals surface area contributed by atoms with E-state index in [1.165, 1.54) is 225 Å². The monoisotopic (exact) mass is 943 g/mol. The number of hydrogen-bond donors (Lipinski definition) is 0. The fourth-order valence-electron chi connectivity index (χ4n) is 8.91. The van der Waals surface area contributed by atoms with Crippen LogP contribution in [0.15, 0.2) is 24.3 Å². The van der Waals surface area contributed by atoms with E-state index in [1.807, 2.05) is 0 Å². The Balaban J connectivity index is 4.24. The molecule has 0 aromatic rings. The molecule has 0 fully saturated rings. The third-order valence-corrected chi connectivity index (χ3v) is 13.4. The van der Waals surface area contributed by atoms with Crippen LogP contribution in [-0.4, -0.2) is 37.2 Å². The Morgan fingerprint density at radius 2 is 0.493 bits per heavy atom. The number of carbonyl (C=O) groups excluding carboxylic acids is 3. The van der Waals surface area contributed by atoms with Crippen molar-refractivity contribution < 1.29 is 28.6 Å². The summed E-state index contributed by atoms with van der Waals surface area (Å²) in [6, 6.07) is 0. The topological polar surface area (TPSA) is 78.9 Å². The van der Waals surface area contributed by atoms with E-state index in [1.54, 1.807) is 0 Å². The maximum absolute atomic E-state index is 12.8. The van der Waals surface area contributed by atoms with Gasteiger partial charge in [0.15, 0.2) is 6.10 Å². The first kappa shape index (κ1) is 64.9. The number of carbonyl (C=O) groups is 3. The lowest BCUT2D eigenvalue weighted by Gasteiger charge is -2.18. The van der Waals surface area contributed by atoms with Crippen LogP contribution < -0.4 is 0 Å². The van der Waals surface area contributed by atoms with Crippen LogP contribution in [0.1, 0.15) is 329 Å². The lowest BCUT2D eigenvalue weighted by molar-refractivity contribution is -0.167. The van der Waals surface area contributed by atoms with Crippen LogP contribution in [0.2, 0.25) is 0 Å². The predicted molar refractivity (Wildman–Crippen MR) is 289 cm³/mol. The molecule has 0 bridgehead atoms. The van der Waals surface area contributed by atoms with Crippen molar-refractivity contribution in [3.05, 3.63) is 24.3 Å². The molecule has 0 spiro atoms. The van der Waals surface area contributed by atoms with E-state index >= 15 is 0 Å². The van der Waals surface area contributed by atoms with Crippen molar-refractivity contribution in [3.8, 4) is 0 Å². The SMILES string of the molecule is CCCCCCC/C=C\CCCCCCCC(=O)OC(COC(=O)CCCCCCCCCCCCCC)COC(=O)CCCCCCCCCCCCC/C=C\CCCCCCCCCC. The zero-order chi connectivity index (χ0) is 48.6. The van der Waals surface area contributed by atoms with Gasteiger partial charge in [0.2, 0.25) is 0 Å². The first-order valence-electron chi connectivity index (χ1n) is 29.8. The van der Waals surface area contributed by atoms with Crippen molar-refractivity contribution in [1.82, 2.24) is 0 Å². The molecule has 0 heterocycles. The molecular weight excluding hydrogens is 829 g/mol. The van der Waals surface area contributed by atoms with Gasteiger partial charge in [0.25, 0.3) is 0 Å². The van der Waals surface area contributed by atoms with Gasteiger partial charge in [-0.05, 0) is 70.6 Å². The van der Waals surface area contributed by atoms with E-state index in [9.17, 15) is 14.4 Å². The van der Waals surface area contributed by atoms with Crippen LogP contribution in [0.3, 0.4) is 0 Å². The smallest absolute Gasteiger partial charge is 0.306 e. The van der Waals surface area contributed by atoms with Crippen molar-refractivity contribution in [2.75, 3.05) is 13.2 Å². The Hall–Kier alpha value is -2.11. The highest BCUT2D eigenvalue weighted by Gasteiger charge is 2.19. The molecule has 0 aliphatic heterocycles. The summed E-state index contributed by atoms with van der Waals surface area (Å²) in [7, 11) is 0. The second-order valence-corrected chi connectivity index (χ2v) is 20.3. The summed E-state index contributed by atoms with van der Waals surface area (Å²) in [5.74, 6) is -0.860. The predicted octanol–water partition coefficient (Wildman–Crippen LogP) is 19.9. The van der Waals surface area contributed by atoms with E-state index in [4.69, 9.17) is 14.2 Å². The molecule has 1 atom stereocenters. The molecule has 1 unspecified atom stereocenters. The van der Waals surface area contributed by atoms with Gasteiger partial charge in [-0.2, -0.15) is 0 Å². The van der Waals surface area contributed by atoms with Crippen molar-refractivity contribution in [2.45, 2.75) is 335 Å². The number of ether oxygens (including phenoxy) is 3. The highest BCUT2D eigenvalue weighted by atomic mass is 16.6. The highest BCUT2D eigenvalue weighted by Crippen LogP contribution is 2.17. The third-order valence-electron chi connectivity index (χ3n) is 13.4. The minimum absolute atomic E-state index is 0.0703. The molecule has 0 saturated carbocycles. The summed E-state index contributed by atoms with van der Waals surface area (Å²) >= 11 is 0. The van der Waals surface area contributed by atoms with Crippen LogP contribution in [-0.2, 0) is 28.6 Å². The largest absolute Gasteiger partial charge is 0.462 e. The molecule has 0 aliphatic rings. The molecule has 6 heteroatoms. The normalized spacial score (nSPS) is 12.1. The number of rotatable bonds is 55. The third kappa shape index (κ3) is 54.7. The van der Waals surface area contributed by atoms with E-state index in [0.717, 1.165) is 64.2 Å². The van der Waals surface area contributed by atoms with Gasteiger partial charge in [-0.15, -0.1) is 0 Å². The lowest BCUT2D eigenvalue weighted by Crippen LogP contribution is -2.30. The van der Waals surface area contributed by atoms with Gasteiger partial charge in [-0.1, -0.05) is 263 Å². The van der Waals surface area contributed by atoms with Crippen molar-refractivity contribution >= 4 is 17.9 Å². The minimum atomic E-state index is -0.771. The van der Waals surface area contributed by atoms with Crippen LogP contribution in [0, 0.1) is 0 Å². The number of unbranched alkanes of at least 4 members (excludes halogenated alkanes) is 40. The Morgan fingerprint density at radius 1 is 0.284 bits per heavy atom. The number of allylic oxidation sites excluding steroid dienone is 4. The maximum atomic E-state index is 12.8. The molecule has 0 rings (SSSR count). The summed E-state index contributed by atoms with van der Waals surface area (Å²) in [5, 5.41) is 0. The zero-order valence-corrected chi connectivity index (χ0v) is 45.2. The summed E-state index contributed by atoms with van der Waals surface area (Å²) in [5.41, 5.74) is 0. The van der Waals surface area contributed by atoms with Crippen LogP contribution in [0.4, 0.5) is 0 Å². The lowest BCUT2D eigenvalue weighted by atomic mass is 10.0. The molecule has 6 nitrogen and oxygen atoms in total. The van der Waals surface area contributed by atoms with Gasteiger partial charge in [0.1, 0.15) is 13.2 Å². The van der Waals surface area contributed by atoms with Gasteiger partial charge in [-0.3, -0.25) is 14.4 Å². The Labute approximate surface area is 417 Å². The second-order valence-electron chi connectivity index (χ2n) is 20.3. The molecule has 0 aromatic heterocycles. The van der Waals surface area contributed by atoms with E-state index < -0.39 is 6.10 Å². The van der Waals surface area contributed by atoms with Crippen LogP contribution in [0.5, 0.6) is 0 Å². The highest BCUT2D eigenvalue weighted by molar-refractivity contribution is 5.71. The fraction of sp³-hybridized carbons (Fsp3) is 0.885. The average molecular weight is 944 g/mol. The van der Waals surface area contributed by atoms with Crippen LogP contribution in [0.25, 0.3) is 0 Å². The molecule has 394 valence electrons. The summed E-state index contributed by atoms with van der Waals surface area (Å²) < 4.78 is 16.9. The van der Waals surface area contributed by atoms with Gasteiger partial charge in [-0.25, -0.2) is 0 Å². The zero-order valence-electron chi connectivity index (χ0n) is 45.2. The molecular formula is C61H114O6. The van der Waals surface area contributed by atoms with Gasteiger partial charge >= 0.3 is 17.9 Å². The molecule has 0 aliphatic carbocycles. The van der Waals surface area contributed by atoms with Gasteiger partial charge < -0.3 is 14.2 Å². The summed E-state index contributed by atoms with van der Waals surface area (Å²) in [4.78, 5) is 38.1. The molecule has 0 amide bonds. The Kier molecular flexibility index (Phi) is 54.7. The van der Waals surface area contributed by atoms with E-state index in [2.05, 4.69) is 45.1 Å². The minimum Gasteiger partial charge on any atom is -0.462 e. The molecule has 0 aromatic carbocycles. The summed E-state index contributed by atoms with van der Waals surface area (Å²) in [6.07, 6.45) is 66.0. The standard InChI is InChI=1S/C61H114O6/c1-4-7-10-13-16-19-22-25-27-28-29-30-31-32-33-34-35-37-39-42-45-48-51-54-60(63)66-57-58(56-65-59(62)53-50-47-44-41-38-24-21-18-15-12-9-6-3)67-61(64)55-52-49-46-43-40-36-26-23-20-17-14-11-8-5-2/h23,26,28-29,58H,4-22,24-25,27,30-57H2,1-3H3/b26-23-,29-28-. The van der Waals surface area contributed by atoms with E-state index in [-0.39, 0.29) is 31.1 Å². The molecule has 0 N–H and O–H groups in total. The van der Waals surface area contributed by atoms with Crippen LogP contribution >= 0.6 is 0 Å². The Bertz CT molecular complexity index is 1080. The van der Waals surface area contributed by atoms with Crippen molar-refractivity contribution in [1.29, 1.82) is 0 Å². The van der Waals surface area contributed by atoms with Gasteiger partial charge in [0, 0.05) is 19.3 Å². The quantitative estimate of drug-likeness (QED) is 0.0262. The van der Waals surface area contributed by atoms with Crippen molar-refractivity contribution in [2.24, 2.45) is 0 Å². The fourth-order valence-corrected chi connectivity index (χ4v) is 8.91. The maximum Gasteiger partial charge on any atom is 0.306 e. The second kappa shape index (κ2) is 56.5. The van der Waals surface area contributed by atoms with Gasteiger partial charge in [0.05, 0.1) is 0 Å².